The van der Waals surface area contributed by atoms with Crippen LogP contribution in [-0.2, 0) is 22.4 Å². The number of rotatable bonds is 32. The van der Waals surface area contributed by atoms with Crippen LogP contribution in [0.2, 0.25) is 0 Å². The summed E-state index contributed by atoms with van der Waals surface area (Å²) in [4.78, 5) is 28.5. The van der Waals surface area contributed by atoms with E-state index in [1.807, 2.05) is 48.5 Å². The number of anilines is 2. The lowest BCUT2D eigenvalue weighted by atomic mass is 9.66. The minimum absolute atomic E-state index is 0.00122. The number of ether oxygens (including phenoxy) is 2. The van der Waals surface area contributed by atoms with E-state index in [1.165, 1.54) is 153 Å². The highest BCUT2D eigenvalue weighted by Gasteiger charge is 2.49. The Labute approximate surface area is 439 Å². The minimum atomic E-state index is -1.78. The number of nitrogen functional groups attached to an aromatic ring is 2. The van der Waals surface area contributed by atoms with Crippen LogP contribution in [0.15, 0.2) is 109 Å². The minimum Gasteiger partial charge on any atom is -0.493 e. The van der Waals surface area contributed by atoms with Gasteiger partial charge in [0.1, 0.15) is 23.7 Å². The van der Waals surface area contributed by atoms with Gasteiger partial charge in [-0.1, -0.05) is 190 Å². The van der Waals surface area contributed by atoms with Crippen molar-refractivity contribution < 1.29 is 29.3 Å². The van der Waals surface area contributed by atoms with E-state index in [9.17, 15) is 19.8 Å². The number of nitrogens with two attached hydrogens (primary N) is 2. The zero-order valence-electron chi connectivity index (χ0n) is 44.6. The molecule has 0 amide bonds. The van der Waals surface area contributed by atoms with Crippen molar-refractivity contribution >= 4 is 35.1 Å². The molecular formula is C65H90N2O6. The third-order valence-corrected chi connectivity index (χ3v) is 16.1. The van der Waals surface area contributed by atoms with E-state index in [2.05, 4.69) is 13.8 Å². The second-order valence-electron chi connectivity index (χ2n) is 22.0. The van der Waals surface area contributed by atoms with Crippen molar-refractivity contribution in [2.24, 2.45) is 29.1 Å². The molecule has 4 aromatic rings. The molecule has 2 aliphatic carbocycles. The predicted octanol–water partition coefficient (Wildman–Crippen LogP) is 14.8. The fourth-order valence-corrected chi connectivity index (χ4v) is 11.3. The summed E-state index contributed by atoms with van der Waals surface area (Å²) in [5.41, 5.74) is 14.4. The summed E-state index contributed by atoms with van der Waals surface area (Å²) in [6.45, 7) is 5.94. The van der Waals surface area contributed by atoms with Crippen LogP contribution in [0.1, 0.15) is 177 Å². The van der Waals surface area contributed by atoms with Crippen LogP contribution in [0, 0.1) is 29.1 Å². The number of ketones is 2. The van der Waals surface area contributed by atoms with Gasteiger partial charge in [-0.2, -0.15) is 0 Å². The summed E-state index contributed by atoms with van der Waals surface area (Å²) in [5, 5.41) is 24.6. The van der Waals surface area contributed by atoms with Crippen molar-refractivity contribution in [3.05, 3.63) is 131 Å². The lowest BCUT2D eigenvalue weighted by molar-refractivity contribution is -0.146. The Bertz CT molecular complexity index is 2070. The van der Waals surface area contributed by atoms with Crippen LogP contribution >= 0.6 is 0 Å². The van der Waals surface area contributed by atoms with E-state index in [1.54, 1.807) is 60.7 Å². The van der Waals surface area contributed by atoms with Gasteiger partial charge in [-0.25, -0.2) is 0 Å². The maximum atomic E-state index is 14.3. The van der Waals surface area contributed by atoms with Crippen LogP contribution in [0.5, 0.6) is 11.5 Å². The van der Waals surface area contributed by atoms with E-state index in [0.717, 1.165) is 34.5 Å². The molecular weight excluding hydrogens is 905 g/mol. The molecule has 0 bridgehead atoms. The lowest BCUT2D eigenvalue weighted by Gasteiger charge is -2.40. The lowest BCUT2D eigenvalue weighted by Crippen LogP contribution is -2.54. The van der Waals surface area contributed by atoms with Gasteiger partial charge in [-0.15, -0.1) is 0 Å². The maximum absolute atomic E-state index is 14.3. The van der Waals surface area contributed by atoms with Crippen LogP contribution in [-0.4, -0.2) is 47.2 Å². The fourth-order valence-electron chi connectivity index (χ4n) is 11.3. The quantitative estimate of drug-likeness (QED) is 0.0215. The number of hydrogen-bond donors (Lipinski definition) is 4. The first-order valence-electron chi connectivity index (χ1n) is 28.5. The second-order valence-corrected chi connectivity index (χ2v) is 22.0. The molecule has 0 radical (unpaired) electrons. The molecule has 0 aromatic heterocycles. The molecule has 2 saturated carbocycles. The molecule has 396 valence electrons. The molecule has 0 saturated heterocycles. The molecule has 4 aromatic carbocycles. The van der Waals surface area contributed by atoms with Crippen LogP contribution in [0.3, 0.4) is 0 Å². The maximum Gasteiger partial charge on any atom is 0.184 e. The zero-order valence-corrected chi connectivity index (χ0v) is 44.6. The van der Waals surface area contributed by atoms with Gasteiger partial charge < -0.3 is 31.2 Å². The van der Waals surface area contributed by atoms with Gasteiger partial charge in [-0.3, -0.25) is 9.59 Å². The number of aliphatic hydroxyl groups is 2. The van der Waals surface area contributed by atoms with Crippen molar-refractivity contribution in [1.29, 1.82) is 0 Å². The Balaban J connectivity index is 1.07. The first-order valence-corrected chi connectivity index (χ1v) is 28.5. The number of benzene rings is 4. The molecule has 0 aliphatic heterocycles. The fraction of sp³-hybridized carbons (Fsp3) is 0.538. The zero-order chi connectivity index (χ0) is 51.7. The molecule has 0 spiro atoms. The summed E-state index contributed by atoms with van der Waals surface area (Å²) in [6.07, 6.45) is 31.4. The Morgan fingerprint density at radius 3 is 1.18 bits per heavy atom. The topological polar surface area (TPSA) is 145 Å². The van der Waals surface area contributed by atoms with Gasteiger partial charge in [0.05, 0.1) is 13.2 Å². The molecule has 2 unspecified atom stereocenters. The van der Waals surface area contributed by atoms with Gasteiger partial charge >= 0.3 is 0 Å². The smallest absolute Gasteiger partial charge is 0.184 e. The highest BCUT2D eigenvalue weighted by molar-refractivity contribution is 6.01. The number of unbranched alkanes of at least 4 members (excludes halogenated alkanes) is 10. The molecule has 6 N–H and O–H groups in total. The number of carbonyl (C=O) groups is 2. The SMILES string of the molecule is CCCCCCCCC1CCC(COc2ccc(/C=C/C(=O)C(O)C(Cc3ccc(N)cc3)(Cc3ccc(N)cc3)C(O)C(=O)/C=C/c3ccc(OCC4CCC(CCCCCCCC)CC4)cc3)cc2)CC1. The van der Waals surface area contributed by atoms with Crippen molar-refractivity contribution in [3.8, 4) is 11.5 Å². The summed E-state index contributed by atoms with van der Waals surface area (Å²) in [7, 11) is 0. The molecule has 8 nitrogen and oxygen atoms in total. The van der Waals surface area contributed by atoms with Crippen LogP contribution in [0.25, 0.3) is 12.2 Å². The van der Waals surface area contributed by atoms with Crippen molar-refractivity contribution in [3.63, 3.8) is 0 Å². The molecule has 0 heterocycles. The van der Waals surface area contributed by atoms with Crippen molar-refractivity contribution in [1.82, 2.24) is 0 Å². The van der Waals surface area contributed by atoms with Gasteiger partial charge in [0, 0.05) is 16.8 Å². The first-order chi connectivity index (χ1) is 35.5. The molecule has 6 rings (SSSR count). The number of carbonyl (C=O) groups excluding carboxylic acids is 2. The summed E-state index contributed by atoms with van der Waals surface area (Å²) in [5.74, 6) is 3.14. The molecule has 73 heavy (non-hydrogen) atoms. The number of aliphatic hydroxyl groups excluding tert-OH is 2. The largest absolute Gasteiger partial charge is 0.493 e. The van der Waals surface area contributed by atoms with Gasteiger partial charge in [0.25, 0.3) is 0 Å². The van der Waals surface area contributed by atoms with Gasteiger partial charge in [0.15, 0.2) is 11.6 Å². The Morgan fingerprint density at radius 1 is 0.493 bits per heavy atom. The van der Waals surface area contributed by atoms with E-state index in [4.69, 9.17) is 20.9 Å². The first kappa shape index (κ1) is 57.1. The van der Waals surface area contributed by atoms with Crippen molar-refractivity contribution in [2.75, 3.05) is 24.7 Å². The van der Waals surface area contributed by atoms with E-state index in [-0.39, 0.29) is 12.8 Å². The molecule has 8 heteroatoms. The monoisotopic (exact) mass is 995 g/mol. The van der Waals surface area contributed by atoms with Crippen molar-refractivity contribution in [2.45, 2.75) is 180 Å². The Morgan fingerprint density at radius 2 is 0.822 bits per heavy atom. The van der Waals surface area contributed by atoms with Crippen LogP contribution < -0.4 is 20.9 Å². The average molecular weight is 995 g/mol. The van der Waals surface area contributed by atoms with E-state index in [0.29, 0.717) is 47.6 Å². The standard InChI is InChI=1S/C65H90N2O6/c1-3-5-7-9-11-13-15-49-17-21-55(22-18-49)47-72-59-39-29-51(30-40-59)33-43-61(68)63(70)65(45-53-25-35-57(66)36-26-53,46-54-27-37-58(67)38-28-54)64(71)62(69)44-34-52-31-41-60(42-32-52)73-48-56-23-19-50(20-24-56)16-14-12-10-8-6-4-2/h25-44,49-50,55-56,63-64,70-71H,3-24,45-48,66-67H2,1-2H3/b43-33+,44-34+. The third kappa shape index (κ3) is 19.2. The van der Waals surface area contributed by atoms with Gasteiger partial charge in [-0.05, 0) is 145 Å². The highest BCUT2D eigenvalue weighted by atomic mass is 16.5. The van der Waals surface area contributed by atoms with Gasteiger partial charge in [0.2, 0.25) is 0 Å². The Hall–Kier alpha value is -5.18. The van der Waals surface area contributed by atoms with E-state index >= 15 is 0 Å². The van der Waals surface area contributed by atoms with Crippen LogP contribution in [0.4, 0.5) is 11.4 Å². The third-order valence-electron chi connectivity index (χ3n) is 16.1. The molecule has 2 fully saturated rings. The summed E-state index contributed by atoms with van der Waals surface area (Å²) < 4.78 is 12.5. The second kappa shape index (κ2) is 30.9. The molecule has 2 atom stereocenters. The normalized spacial score (nSPS) is 19.2. The number of hydrogen-bond acceptors (Lipinski definition) is 8. The average Bonchev–Trinajstić information content (AvgIpc) is 3.42. The predicted molar refractivity (Wildman–Crippen MR) is 302 cm³/mol. The highest BCUT2D eigenvalue weighted by Crippen LogP contribution is 2.39. The summed E-state index contributed by atoms with van der Waals surface area (Å²) in [6, 6.07) is 29.3. The Kier molecular flexibility index (Phi) is 24.2. The van der Waals surface area contributed by atoms with E-state index < -0.39 is 29.2 Å². The molecule has 2 aliphatic rings. The summed E-state index contributed by atoms with van der Waals surface area (Å²) >= 11 is 0.